The van der Waals surface area contributed by atoms with Gasteiger partial charge in [0.25, 0.3) is 0 Å². The highest BCUT2D eigenvalue weighted by molar-refractivity contribution is 5.75. The maximum Gasteiger partial charge on any atom is 0.513 e. The number of hydrogen-bond acceptors (Lipinski definition) is 11. The van der Waals surface area contributed by atoms with Crippen molar-refractivity contribution in [3.05, 3.63) is 54.1 Å². The molecule has 2 unspecified atom stereocenters. The summed E-state index contributed by atoms with van der Waals surface area (Å²) in [4.78, 5) is 49.1. The lowest BCUT2D eigenvalue weighted by Crippen LogP contribution is -2.40. The number of carbonyl (C=O) groups excluding carboxylic acids is 3. The van der Waals surface area contributed by atoms with Crippen molar-refractivity contribution in [1.82, 2.24) is 0 Å². The molecule has 0 saturated heterocycles. The summed E-state index contributed by atoms with van der Waals surface area (Å²) in [5.74, 6) is -3.05. The van der Waals surface area contributed by atoms with Crippen LogP contribution in [0.4, 0.5) is 14.4 Å². The first-order chi connectivity index (χ1) is 19.9. The van der Waals surface area contributed by atoms with Gasteiger partial charge in [-0.25, -0.2) is 14.4 Å². The molecule has 0 spiro atoms. The second kappa shape index (κ2) is 15.2. The lowest BCUT2D eigenvalue weighted by Gasteiger charge is -2.28. The standard InChI is InChI=1S/C31H41NO11/c1-19(16-38-27(35)41-21-11-9-8-10-12-21)24(25(32)26(33)34)20-13-14-22(42-28(36)39-17-30(2,3)4)23(15-20)43-29(37)40-18-31(5,6)7/h8-15,19,24-25H,16-18,32H2,1-7H3,(H,33,34)/t19?,24?,25-/m0/s1. The molecule has 2 aromatic carbocycles. The first kappa shape index (κ1) is 34.9. The Bertz CT molecular complexity index is 1250. The molecule has 0 aliphatic carbocycles. The van der Waals surface area contributed by atoms with Crippen LogP contribution in [0.5, 0.6) is 17.2 Å². The monoisotopic (exact) mass is 603 g/mol. The minimum atomic E-state index is -1.45. The molecule has 0 amide bonds. The van der Waals surface area contributed by atoms with E-state index in [-0.39, 0.29) is 47.9 Å². The van der Waals surface area contributed by atoms with Gasteiger partial charge in [0.2, 0.25) is 0 Å². The minimum absolute atomic E-state index is 0.0370. The zero-order chi connectivity index (χ0) is 32.4. The number of carboxylic acids is 1. The Balaban J connectivity index is 2.33. The molecule has 2 rings (SSSR count). The van der Waals surface area contributed by atoms with Crippen LogP contribution in [-0.2, 0) is 19.0 Å². The Morgan fingerprint density at radius 2 is 1.26 bits per heavy atom. The Hall–Kier alpha value is -4.32. The summed E-state index contributed by atoms with van der Waals surface area (Å²) in [6, 6.07) is 10.9. The van der Waals surface area contributed by atoms with Crippen molar-refractivity contribution in [2.24, 2.45) is 22.5 Å². The number of aliphatic carboxylic acids is 1. The van der Waals surface area contributed by atoms with E-state index >= 15 is 0 Å². The molecule has 0 bridgehead atoms. The molecule has 0 saturated carbocycles. The topological polar surface area (TPSA) is 170 Å². The van der Waals surface area contributed by atoms with Crippen molar-refractivity contribution in [2.45, 2.75) is 60.4 Å². The molecule has 3 atom stereocenters. The van der Waals surface area contributed by atoms with E-state index in [2.05, 4.69) is 0 Å². The number of nitrogens with two attached hydrogens (primary N) is 1. The molecule has 0 aromatic heterocycles. The van der Waals surface area contributed by atoms with Crippen LogP contribution in [0.2, 0.25) is 0 Å². The smallest absolute Gasteiger partial charge is 0.480 e. The molecule has 0 aliphatic heterocycles. The van der Waals surface area contributed by atoms with E-state index < -0.39 is 42.3 Å². The average molecular weight is 604 g/mol. The molecule has 3 N–H and O–H groups in total. The Morgan fingerprint density at radius 3 is 1.77 bits per heavy atom. The highest BCUT2D eigenvalue weighted by atomic mass is 16.7. The fraction of sp³-hybridized carbons (Fsp3) is 0.484. The van der Waals surface area contributed by atoms with Crippen LogP contribution < -0.4 is 19.9 Å². The highest BCUT2D eigenvalue weighted by Gasteiger charge is 2.33. The van der Waals surface area contributed by atoms with Gasteiger partial charge in [0.05, 0.1) is 19.8 Å². The molecule has 236 valence electrons. The molecule has 0 heterocycles. The number of ether oxygens (including phenoxy) is 6. The van der Waals surface area contributed by atoms with E-state index in [1.807, 2.05) is 41.5 Å². The predicted molar refractivity (Wildman–Crippen MR) is 155 cm³/mol. The number of rotatable bonds is 11. The minimum Gasteiger partial charge on any atom is -0.480 e. The summed E-state index contributed by atoms with van der Waals surface area (Å²) in [5, 5.41) is 9.75. The normalized spacial score (nSPS) is 13.6. The fourth-order valence-corrected chi connectivity index (χ4v) is 3.65. The van der Waals surface area contributed by atoms with E-state index in [1.54, 1.807) is 37.3 Å². The van der Waals surface area contributed by atoms with Crippen LogP contribution in [0.3, 0.4) is 0 Å². The van der Waals surface area contributed by atoms with Crippen molar-refractivity contribution in [2.75, 3.05) is 19.8 Å². The summed E-state index contributed by atoms with van der Waals surface area (Å²) < 4.78 is 31.4. The van der Waals surface area contributed by atoms with Gasteiger partial charge >= 0.3 is 24.4 Å². The lowest BCUT2D eigenvalue weighted by molar-refractivity contribution is -0.139. The molecular weight excluding hydrogens is 562 g/mol. The van der Waals surface area contributed by atoms with Crippen molar-refractivity contribution < 1.29 is 52.7 Å². The highest BCUT2D eigenvalue weighted by Crippen LogP contribution is 2.36. The van der Waals surface area contributed by atoms with E-state index in [1.165, 1.54) is 18.2 Å². The van der Waals surface area contributed by atoms with Gasteiger partial charge in [-0.15, -0.1) is 0 Å². The Kier molecular flexibility index (Phi) is 12.4. The Labute approximate surface area is 251 Å². The van der Waals surface area contributed by atoms with Crippen LogP contribution in [-0.4, -0.2) is 55.4 Å². The van der Waals surface area contributed by atoms with Gasteiger partial charge in [-0.1, -0.05) is 72.7 Å². The number of para-hydroxylation sites is 1. The second-order valence-electron chi connectivity index (χ2n) is 12.5. The first-order valence-electron chi connectivity index (χ1n) is 13.7. The third-order valence-corrected chi connectivity index (χ3v) is 5.68. The largest absolute Gasteiger partial charge is 0.513 e. The summed E-state index contributed by atoms with van der Waals surface area (Å²) in [6.45, 7) is 12.7. The van der Waals surface area contributed by atoms with Crippen molar-refractivity contribution in [3.63, 3.8) is 0 Å². The summed E-state index contributed by atoms with van der Waals surface area (Å²) in [6.07, 6.45) is -3.09. The second-order valence-corrected chi connectivity index (χ2v) is 12.5. The fourth-order valence-electron chi connectivity index (χ4n) is 3.65. The Morgan fingerprint density at radius 1 is 0.744 bits per heavy atom. The van der Waals surface area contributed by atoms with E-state index in [9.17, 15) is 24.3 Å². The average Bonchev–Trinajstić information content (AvgIpc) is 2.91. The molecule has 2 aromatic rings. The van der Waals surface area contributed by atoms with Gasteiger partial charge in [0.1, 0.15) is 11.8 Å². The molecule has 43 heavy (non-hydrogen) atoms. The van der Waals surface area contributed by atoms with E-state index in [4.69, 9.17) is 34.2 Å². The van der Waals surface area contributed by atoms with Crippen molar-refractivity contribution in [1.29, 1.82) is 0 Å². The molecular formula is C31H41NO11. The zero-order valence-corrected chi connectivity index (χ0v) is 25.6. The van der Waals surface area contributed by atoms with Crippen LogP contribution in [0.25, 0.3) is 0 Å². The van der Waals surface area contributed by atoms with Crippen LogP contribution in [0.15, 0.2) is 48.5 Å². The van der Waals surface area contributed by atoms with Gasteiger partial charge in [0.15, 0.2) is 11.5 Å². The summed E-state index contributed by atoms with van der Waals surface area (Å²) in [5.41, 5.74) is 5.68. The maximum absolute atomic E-state index is 12.5. The predicted octanol–water partition coefficient (Wildman–Crippen LogP) is 6.16. The molecule has 12 nitrogen and oxygen atoms in total. The van der Waals surface area contributed by atoms with E-state index in [0.717, 1.165) is 0 Å². The van der Waals surface area contributed by atoms with Gasteiger partial charge in [0, 0.05) is 5.92 Å². The van der Waals surface area contributed by atoms with Gasteiger partial charge < -0.3 is 39.3 Å². The maximum atomic E-state index is 12.5. The number of carbonyl (C=O) groups is 4. The number of carboxylic acid groups (broad SMARTS) is 1. The van der Waals surface area contributed by atoms with Crippen LogP contribution >= 0.6 is 0 Å². The third kappa shape index (κ3) is 12.6. The van der Waals surface area contributed by atoms with Crippen molar-refractivity contribution >= 4 is 24.4 Å². The van der Waals surface area contributed by atoms with Gasteiger partial charge in [-0.2, -0.15) is 0 Å². The first-order valence-corrected chi connectivity index (χ1v) is 13.7. The van der Waals surface area contributed by atoms with Gasteiger partial charge in [-0.3, -0.25) is 4.79 Å². The lowest BCUT2D eigenvalue weighted by atomic mass is 9.82. The quantitative estimate of drug-likeness (QED) is 0.171. The van der Waals surface area contributed by atoms with Crippen molar-refractivity contribution in [3.8, 4) is 17.2 Å². The number of benzene rings is 2. The third-order valence-electron chi connectivity index (χ3n) is 5.68. The van der Waals surface area contributed by atoms with Crippen LogP contribution in [0, 0.1) is 16.7 Å². The summed E-state index contributed by atoms with van der Waals surface area (Å²) in [7, 11) is 0. The number of hydrogen-bond donors (Lipinski definition) is 2. The molecule has 0 aliphatic rings. The summed E-state index contributed by atoms with van der Waals surface area (Å²) >= 11 is 0. The molecule has 12 heteroatoms. The van der Waals surface area contributed by atoms with E-state index in [0.29, 0.717) is 5.56 Å². The van der Waals surface area contributed by atoms with Crippen LogP contribution in [0.1, 0.15) is 59.9 Å². The molecule has 0 radical (unpaired) electrons. The molecule has 0 fully saturated rings. The van der Waals surface area contributed by atoms with Gasteiger partial charge in [-0.05, 0) is 46.6 Å². The SMILES string of the molecule is CC(COC(=O)Oc1ccccc1)C(c1ccc(OC(=O)OCC(C)(C)C)c(OC(=O)OCC(C)(C)C)c1)[C@H](N)C(=O)O. The zero-order valence-electron chi connectivity index (χ0n) is 25.6.